The molecule has 130 valence electrons. The van der Waals surface area contributed by atoms with Gasteiger partial charge >= 0.3 is 5.97 Å². The Labute approximate surface area is 147 Å². The van der Waals surface area contributed by atoms with E-state index in [0.29, 0.717) is 17.4 Å². The number of para-hydroxylation sites is 2. The minimum Gasteiger partial charge on any atom is -0.478 e. The summed E-state index contributed by atoms with van der Waals surface area (Å²) in [5, 5.41) is 2.73. The van der Waals surface area contributed by atoms with Gasteiger partial charge in [-0.3, -0.25) is 9.59 Å². The summed E-state index contributed by atoms with van der Waals surface area (Å²) in [5.74, 6) is 0.218. The van der Waals surface area contributed by atoms with Crippen LogP contribution >= 0.6 is 0 Å². The van der Waals surface area contributed by atoms with E-state index in [4.69, 9.17) is 9.47 Å². The number of hydrogen-bond acceptors (Lipinski definition) is 4. The molecule has 2 aromatic rings. The monoisotopic (exact) mass is 339 g/mol. The Bertz CT molecular complexity index is 768. The van der Waals surface area contributed by atoms with Crippen molar-refractivity contribution in [2.75, 3.05) is 5.32 Å². The predicted octanol–water partition coefficient (Wildman–Crippen LogP) is 3.64. The first-order valence-electron chi connectivity index (χ1n) is 8.34. The van der Waals surface area contributed by atoms with Crippen molar-refractivity contribution in [2.24, 2.45) is 0 Å². The Morgan fingerprint density at radius 3 is 2.60 bits per heavy atom. The number of esters is 1. The molecule has 1 N–H and O–H groups in total. The fourth-order valence-electron chi connectivity index (χ4n) is 2.60. The number of ether oxygens (including phenoxy) is 2. The van der Waals surface area contributed by atoms with E-state index in [1.165, 1.54) is 5.56 Å². The number of nitrogens with one attached hydrogen (secondary N) is 1. The van der Waals surface area contributed by atoms with E-state index >= 15 is 0 Å². The Morgan fingerprint density at radius 2 is 1.88 bits per heavy atom. The van der Waals surface area contributed by atoms with Crippen LogP contribution in [0.2, 0.25) is 0 Å². The number of benzene rings is 2. The van der Waals surface area contributed by atoms with Crippen LogP contribution in [0, 0.1) is 0 Å². The molecule has 1 amide bonds. The SMILES string of the molecule is CC(C)c1ccc(COC(=O)C[C@H]2Oc3ccccc3NC2=O)cc1. The number of carbonyl (C=O) groups is 2. The first-order valence-corrected chi connectivity index (χ1v) is 8.34. The fourth-order valence-corrected chi connectivity index (χ4v) is 2.60. The van der Waals surface area contributed by atoms with Gasteiger partial charge < -0.3 is 14.8 Å². The normalized spacial score (nSPS) is 16.0. The Kier molecular flexibility index (Phi) is 5.03. The molecule has 0 fully saturated rings. The summed E-state index contributed by atoms with van der Waals surface area (Å²) in [6.07, 6.45) is -0.990. The predicted molar refractivity (Wildman–Crippen MR) is 94.4 cm³/mol. The van der Waals surface area contributed by atoms with Gasteiger partial charge in [-0.05, 0) is 29.2 Å². The lowest BCUT2D eigenvalue weighted by atomic mass is 10.0. The summed E-state index contributed by atoms with van der Waals surface area (Å²) < 4.78 is 10.9. The smallest absolute Gasteiger partial charge is 0.310 e. The van der Waals surface area contributed by atoms with E-state index in [-0.39, 0.29) is 18.9 Å². The minimum absolute atomic E-state index is 0.121. The molecule has 0 unspecified atom stereocenters. The lowest BCUT2D eigenvalue weighted by Crippen LogP contribution is -2.38. The second kappa shape index (κ2) is 7.38. The van der Waals surface area contributed by atoms with Crippen LogP contribution in [-0.2, 0) is 20.9 Å². The molecule has 1 aliphatic rings. The van der Waals surface area contributed by atoms with Crippen LogP contribution in [0.1, 0.15) is 37.3 Å². The zero-order chi connectivity index (χ0) is 17.8. The van der Waals surface area contributed by atoms with Crippen LogP contribution < -0.4 is 10.1 Å². The number of amides is 1. The molecule has 0 aliphatic carbocycles. The largest absolute Gasteiger partial charge is 0.478 e. The second-order valence-corrected chi connectivity index (χ2v) is 6.35. The minimum atomic E-state index is -0.870. The second-order valence-electron chi connectivity index (χ2n) is 6.35. The van der Waals surface area contributed by atoms with Gasteiger partial charge in [-0.25, -0.2) is 0 Å². The number of anilines is 1. The average molecular weight is 339 g/mol. The van der Waals surface area contributed by atoms with E-state index in [0.717, 1.165) is 5.56 Å². The van der Waals surface area contributed by atoms with Gasteiger partial charge in [0.15, 0.2) is 6.10 Å². The van der Waals surface area contributed by atoms with Crippen molar-refractivity contribution in [1.29, 1.82) is 0 Å². The highest BCUT2D eigenvalue weighted by atomic mass is 16.5. The molecule has 0 saturated heterocycles. The van der Waals surface area contributed by atoms with Crippen molar-refractivity contribution in [1.82, 2.24) is 0 Å². The molecule has 1 aliphatic heterocycles. The quantitative estimate of drug-likeness (QED) is 0.845. The molecular weight excluding hydrogens is 318 g/mol. The zero-order valence-corrected chi connectivity index (χ0v) is 14.3. The Balaban J connectivity index is 1.53. The molecule has 5 heteroatoms. The van der Waals surface area contributed by atoms with Crippen molar-refractivity contribution in [2.45, 2.75) is 38.9 Å². The fraction of sp³-hybridized carbons (Fsp3) is 0.300. The average Bonchev–Trinajstić information content (AvgIpc) is 2.61. The highest BCUT2D eigenvalue weighted by Gasteiger charge is 2.30. The highest BCUT2D eigenvalue weighted by Crippen LogP contribution is 2.29. The van der Waals surface area contributed by atoms with E-state index in [1.807, 2.05) is 36.4 Å². The van der Waals surface area contributed by atoms with Gasteiger partial charge in [0.2, 0.25) is 0 Å². The Morgan fingerprint density at radius 1 is 1.16 bits per heavy atom. The zero-order valence-electron chi connectivity index (χ0n) is 14.3. The third kappa shape index (κ3) is 4.18. The van der Waals surface area contributed by atoms with Gasteiger partial charge in [-0.1, -0.05) is 50.2 Å². The van der Waals surface area contributed by atoms with E-state index < -0.39 is 12.1 Å². The van der Waals surface area contributed by atoms with E-state index in [9.17, 15) is 9.59 Å². The summed E-state index contributed by atoms with van der Waals surface area (Å²) in [5.41, 5.74) is 2.76. The molecule has 3 rings (SSSR count). The van der Waals surface area contributed by atoms with Crippen molar-refractivity contribution in [3.8, 4) is 5.75 Å². The summed E-state index contributed by atoms with van der Waals surface area (Å²) in [4.78, 5) is 24.1. The molecular formula is C20H21NO4. The van der Waals surface area contributed by atoms with Crippen LogP contribution in [-0.4, -0.2) is 18.0 Å². The van der Waals surface area contributed by atoms with Gasteiger partial charge in [0.1, 0.15) is 12.4 Å². The first kappa shape index (κ1) is 17.0. The van der Waals surface area contributed by atoms with Gasteiger partial charge in [0, 0.05) is 0 Å². The highest BCUT2D eigenvalue weighted by molar-refractivity contribution is 5.99. The number of rotatable bonds is 5. The molecule has 25 heavy (non-hydrogen) atoms. The third-order valence-corrected chi connectivity index (χ3v) is 4.10. The van der Waals surface area contributed by atoms with Crippen molar-refractivity contribution in [3.63, 3.8) is 0 Å². The van der Waals surface area contributed by atoms with Crippen LogP contribution in [0.5, 0.6) is 5.75 Å². The standard InChI is InChI=1S/C20H21NO4/c1-13(2)15-9-7-14(8-10-15)12-24-19(22)11-18-20(23)21-16-5-3-4-6-17(16)25-18/h3-10,13,18H,11-12H2,1-2H3,(H,21,23)/t18-/m1/s1. The third-order valence-electron chi connectivity index (χ3n) is 4.10. The van der Waals surface area contributed by atoms with Gasteiger partial charge in [-0.2, -0.15) is 0 Å². The van der Waals surface area contributed by atoms with Crippen LogP contribution in [0.3, 0.4) is 0 Å². The summed E-state index contributed by atoms with van der Waals surface area (Å²) >= 11 is 0. The number of hydrogen-bond donors (Lipinski definition) is 1. The van der Waals surface area contributed by atoms with E-state index in [1.54, 1.807) is 12.1 Å². The number of carbonyl (C=O) groups excluding carboxylic acids is 2. The van der Waals surface area contributed by atoms with Crippen molar-refractivity contribution >= 4 is 17.6 Å². The van der Waals surface area contributed by atoms with Gasteiger partial charge in [0.25, 0.3) is 5.91 Å². The van der Waals surface area contributed by atoms with Crippen molar-refractivity contribution in [3.05, 3.63) is 59.7 Å². The molecule has 1 heterocycles. The lowest BCUT2D eigenvalue weighted by molar-refractivity contribution is -0.149. The molecule has 0 radical (unpaired) electrons. The summed E-state index contributed by atoms with van der Waals surface area (Å²) in [6.45, 7) is 4.44. The van der Waals surface area contributed by atoms with Gasteiger partial charge in [0.05, 0.1) is 12.1 Å². The molecule has 5 nitrogen and oxygen atoms in total. The van der Waals surface area contributed by atoms with E-state index in [2.05, 4.69) is 19.2 Å². The van der Waals surface area contributed by atoms with Crippen LogP contribution in [0.4, 0.5) is 5.69 Å². The van der Waals surface area contributed by atoms with Crippen LogP contribution in [0.25, 0.3) is 0 Å². The number of fused-ring (bicyclic) bond motifs is 1. The lowest BCUT2D eigenvalue weighted by Gasteiger charge is -2.25. The Hall–Kier alpha value is -2.82. The molecule has 2 aromatic carbocycles. The van der Waals surface area contributed by atoms with Crippen LogP contribution in [0.15, 0.2) is 48.5 Å². The van der Waals surface area contributed by atoms with Crippen molar-refractivity contribution < 1.29 is 19.1 Å². The summed E-state index contributed by atoms with van der Waals surface area (Å²) in [7, 11) is 0. The molecule has 0 bridgehead atoms. The first-order chi connectivity index (χ1) is 12.0. The van der Waals surface area contributed by atoms with Gasteiger partial charge in [-0.15, -0.1) is 0 Å². The molecule has 0 spiro atoms. The summed E-state index contributed by atoms with van der Waals surface area (Å²) in [6, 6.07) is 15.1. The maximum atomic E-state index is 12.0. The maximum Gasteiger partial charge on any atom is 0.310 e. The molecule has 0 saturated carbocycles. The molecule has 1 atom stereocenters. The topological polar surface area (TPSA) is 64.6 Å². The maximum absolute atomic E-state index is 12.0. The molecule has 0 aromatic heterocycles.